The first-order chi connectivity index (χ1) is 7.67. The fraction of sp³-hybridized carbons (Fsp3) is 0.500. The van der Waals surface area contributed by atoms with E-state index in [1.165, 1.54) is 12.4 Å². The van der Waals surface area contributed by atoms with Gasteiger partial charge in [0, 0.05) is 7.11 Å². The molecular formula is C10H16N4O2. The molecule has 0 bridgehead atoms. The first-order valence-corrected chi connectivity index (χ1v) is 5.04. The number of hydrogen-bond acceptors (Lipinski definition) is 5. The Morgan fingerprint density at radius 1 is 1.62 bits per heavy atom. The number of nitrogens with zero attached hydrogens (tertiary/aromatic N) is 2. The number of nitrogens with two attached hydrogens (primary N) is 1. The molecule has 3 N–H and O–H groups in total. The number of amides is 1. The molecule has 1 rings (SSSR count). The maximum Gasteiger partial charge on any atom is 0.271 e. The monoisotopic (exact) mass is 224 g/mol. The number of rotatable bonds is 5. The highest BCUT2D eigenvalue weighted by molar-refractivity contribution is 5.92. The van der Waals surface area contributed by atoms with Crippen LogP contribution in [0.25, 0.3) is 0 Å². The average molecular weight is 224 g/mol. The molecule has 16 heavy (non-hydrogen) atoms. The lowest BCUT2D eigenvalue weighted by molar-refractivity contribution is 0.0889. The number of ether oxygens (including phenoxy) is 1. The van der Waals surface area contributed by atoms with Gasteiger partial charge in [-0.2, -0.15) is 0 Å². The Bertz CT molecular complexity index is 356. The summed E-state index contributed by atoms with van der Waals surface area (Å²) < 4.78 is 4.98. The zero-order chi connectivity index (χ0) is 12.0. The predicted octanol–water partition coefficient (Wildman–Crippen LogP) is 0.214. The molecule has 0 spiro atoms. The summed E-state index contributed by atoms with van der Waals surface area (Å²) in [5, 5.41) is 2.79. The highest BCUT2D eigenvalue weighted by atomic mass is 16.5. The van der Waals surface area contributed by atoms with E-state index in [2.05, 4.69) is 15.3 Å². The van der Waals surface area contributed by atoms with Crippen LogP contribution in [0.3, 0.4) is 0 Å². The van der Waals surface area contributed by atoms with Crippen LogP contribution in [0, 0.1) is 0 Å². The quantitative estimate of drug-likeness (QED) is 0.746. The van der Waals surface area contributed by atoms with Crippen molar-refractivity contribution in [3.8, 4) is 0 Å². The molecule has 0 saturated carbocycles. The van der Waals surface area contributed by atoms with Crippen LogP contribution in [0.4, 0.5) is 5.82 Å². The summed E-state index contributed by atoms with van der Waals surface area (Å²) in [5.74, 6) is -0.0591. The minimum Gasteiger partial charge on any atom is -0.383 e. The maximum absolute atomic E-state index is 11.7. The van der Waals surface area contributed by atoms with Crippen molar-refractivity contribution in [1.29, 1.82) is 0 Å². The van der Waals surface area contributed by atoms with Gasteiger partial charge in [-0.1, -0.05) is 6.92 Å². The Labute approximate surface area is 94.2 Å². The zero-order valence-electron chi connectivity index (χ0n) is 9.43. The molecule has 0 aliphatic rings. The first-order valence-electron chi connectivity index (χ1n) is 5.04. The molecular weight excluding hydrogens is 208 g/mol. The van der Waals surface area contributed by atoms with Crippen molar-refractivity contribution >= 4 is 11.7 Å². The van der Waals surface area contributed by atoms with E-state index in [0.717, 1.165) is 6.42 Å². The standard InChI is InChI=1S/C10H16N4O2/c1-3-7(6-16-2)13-10(15)8-4-12-5-9(11)14-8/h4-5,7H,3,6H2,1-2H3,(H2,11,14)(H,13,15). The van der Waals surface area contributed by atoms with Gasteiger partial charge in [-0.05, 0) is 6.42 Å². The third kappa shape index (κ3) is 3.47. The van der Waals surface area contributed by atoms with Crippen molar-refractivity contribution in [2.24, 2.45) is 0 Å². The van der Waals surface area contributed by atoms with Gasteiger partial charge >= 0.3 is 0 Å². The minimum absolute atomic E-state index is 0.0271. The number of nitrogens with one attached hydrogen (secondary N) is 1. The van der Waals surface area contributed by atoms with E-state index in [4.69, 9.17) is 10.5 Å². The van der Waals surface area contributed by atoms with E-state index in [-0.39, 0.29) is 23.5 Å². The fourth-order valence-corrected chi connectivity index (χ4v) is 1.21. The van der Waals surface area contributed by atoms with Crippen molar-refractivity contribution in [3.63, 3.8) is 0 Å². The van der Waals surface area contributed by atoms with Crippen molar-refractivity contribution in [2.75, 3.05) is 19.5 Å². The van der Waals surface area contributed by atoms with Crippen LogP contribution >= 0.6 is 0 Å². The van der Waals surface area contributed by atoms with E-state index in [1.807, 2.05) is 6.92 Å². The molecule has 0 radical (unpaired) electrons. The molecule has 1 atom stereocenters. The molecule has 1 aromatic rings. The number of aromatic nitrogens is 2. The number of carbonyl (C=O) groups excluding carboxylic acids is 1. The van der Waals surface area contributed by atoms with E-state index in [0.29, 0.717) is 6.61 Å². The van der Waals surface area contributed by atoms with Gasteiger partial charge in [-0.3, -0.25) is 9.78 Å². The summed E-state index contributed by atoms with van der Waals surface area (Å²) in [4.78, 5) is 19.4. The summed E-state index contributed by atoms with van der Waals surface area (Å²) in [6.07, 6.45) is 3.56. The number of methoxy groups -OCH3 is 1. The van der Waals surface area contributed by atoms with Crippen LogP contribution in [-0.4, -0.2) is 35.6 Å². The highest BCUT2D eigenvalue weighted by Crippen LogP contribution is 1.99. The lowest BCUT2D eigenvalue weighted by Gasteiger charge is -2.15. The van der Waals surface area contributed by atoms with Crippen LogP contribution in [0.5, 0.6) is 0 Å². The molecule has 6 nitrogen and oxygen atoms in total. The Kier molecular flexibility index (Phi) is 4.65. The van der Waals surface area contributed by atoms with Gasteiger partial charge in [0.2, 0.25) is 0 Å². The second-order valence-electron chi connectivity index (χ2n) is 3.36. The van der Waals surface area contributed by atoms with Crippen molar-refractivity contribution < 1.29 is 9.53 Å². The number of carbonyl (C=O) groups is 1. The molecule has 0 aliphatic carbocycles. The number of nitrogen functional groups attached to an aromatic ring is 1. The first kappa shape index (κ1) is 12.4. The molecule has 1 amide bonds. The Balaban J connectivity index is 2.64. The SMILES string of the molecule is CCC(COC)NC(=O)c1cncc(N)n1. The van der Waals surface area contributed by atoms with Crippen LogP contribution < -0.4 is 11.1 Å². The van der Waals surface area contributed by atoms with Gasteiger partial charge in [-0.15, -0.1) is 0 Å². The van der Waals surface area contributed by atoms with Gasteiger partial charge in [0.1, 0.15) is 11.5 Å². The van der Waals surface area contributed by atoms with Crippen LogP contribution in [-0.2, 0) is 4.74 Å². The summed E-state index contributed by atoms with van der Waals surface area (Å²) in [5.41, 5.74) is 5.66. The van der Waals surface area contributed by atoms with Gasteiger partial charge in [0.15, 0.2) is 0 Å². The zero-order valence-corrected chi connectivity index (χ0v) is 9.43. The lowest BCUT2D eigenvalue weighted by Crippen LogP contribution is -2.38. The van der Waals surface area contributed by atoms with Crippen LogP contribution in [0.15, 0.2) is 12.4 Å². The molecule has 1 unspecified atom stereocenters. The summed E-state index contributed by atoms with van der Waals surface area (Å²) >= 11 is 0. The molecule has 1 aromatic heterocycles. The van der Waals surface area contributed by atoms with E-state index >= 15 is 0 Å². The van der Waals surface area contributed by atoms with Gasteiger partial charge in [-0.25, -0.2) is 4.98 Å². The average Bonchev–Trinajstić information content (AvgIpc) is 2.28. The predicted molar refractivity (Wildman–Crippen MR) is 59.9 cm³/mol. The lowest BCUT2D eigenvalue weighted by atomic mass is 10.2. The number of anilines is 1. The third-order valence-electron chi connectivity index (χ3n) is 2.08. The van der Waals surface area contributed by atoms with Crippen molar-refractivity contribution in [2.45, 2.75) is 19.4 Å². The van der Waals surface area contributed by atoms with E-state index in [1.54, 1.807) is 7.11 Å². The second-order valence-corrected chi connectivity index (χ2v) is 3.36. The van der Waals surface area contributed by atoms with Gasteiger partial charge in [0.05, 0.1) is 25.0 Å². The summed E-state index contributed by atoms with van der Waals surface area (Å²) in [7, 11) is 1.59. The van der Waals surface area contributed by atoms with Crippen molar-refractivity contribution in [1.82, 2.24) is 15.3 Å². The Hall–Kier alpha value is -1.69. The largest absolute Gasteiger partial charge is 0.383 e. The molecule has 6 heteroatoms. The third-order valence-corrected chi connectivity index (χ3v) is 2.08. The van der Waals surface area contributed by atoms with Crippen LogP contribution in [0.1, 0.15) is 23.8 Å². The topological polar surface area (TPSA) is 90.1 Å². The van der Waals surface area contributed by atoms with Gasteiger partial charge < -0.3 is 15.8 Å². The maximum atomic E-state index is 11.7. The molecule has 0 fully saturated rings. The Morgan fingerprint density at radius 2 is 2.38 bits per heavy atom. The second kappa shape index (κ2) is 6.02. The molecule has 88 valence electrons. The van der Waals surface area contributed by atoms with Gasteiger partial charge in [0.25, 0.3) is 5.91 Å². The normalized spacial score (nSPS) is 12.1. The molecule has 0 aromatic carbocycles. The highest BCUT2D eigenvalue weighted by Gasteiger charge is 2.13. The Morgan fingerprint density at radius 3 is 2.94 bits per heavy atom. The van der Waals surface area contributed by atoms with Crippen molar-refractivity contribution in [3.05, 3.63) is 18.1 Å². The summed E-state index contributed by atoms with van der Waals surface area (Å²) in [6.45, 7) is 2.44. The minimum atomic E-state index is -0.288. The smallest absolute Gasteiger partial charge is 0.271 e. The fourth-order valence-electron chi connectivity index (χ4n) is 1.21. The van der Waals surface area contributed by atoms with Crippen LogP contribution in [0.2, 0.25) is 0 Å². The van der Waals surface area contributed by atoms with E-state index in [9.17, 15) is 4.79 Å². The van der Waals surface area contributed by atoms with E-state index < -0.39 is 0 Å². The molecule has 0 saturated heterocycles. The molecule has 1 heterocycles. The molecule has 0 aliphatic heterocycles. The number of hydrogen-bond donors (Lipinski definition) is 2. The summed E-state index contributed by atoms with van der Waals surface area (Å²) in [6, 6.07) is -0.0271.